The molecule has 0 spiro atoms. The summed E-state index contributed by atoms with van der Waals surface area (Å²) in [6, 6.07) is 7.53. The van der Waals surface area contributed by atoms with Crippen LogP contribution in [0.2, 0.25) is 0 Å². The van der Waals surface area contributed by atoms with E-state index in [9.17, 15) is 14.9 Å². The van der Waals surface area contributed by atoms with E-state index in [1.54, 1.807) is 0 Å². The van der Waals surface area contributed by atoms with Crippen LogP contribution in [-0.2, 0) is 4.79 Å². The molecule has 0 fully saturated rings. The third-order valence-corrected chi connectivity index (χ3v) is 2.50. The van der Waals surface area contributed by atoms with Crippen molar-refractivity contribution in [3.8, 4) is 11.8 Å². The summed E-state index contributed by atoms with van der Waals surface area (Å²) in [5.41, 5.74) is -0.0996. The number of hydrogen-bond acceptors (Lipinski definition) is 5. The number of benzene rings is 1. The van der Waals surface area contributed by atoms with Gasteiger partial charge in [0.05, 0.1) is 17.1 Å². The summed E-state index contributed by atoms with van der Waals surface area (Å²) in [5, 5.41) is 19.2. The fourth-order valence-electron chi connectivity index (χ4n) is 1.57. The Hall–Kier alpha value is -2.62. The molecule has 1 rings (SSSR count). The Morgan fingerprint density at radius 3 is 2.90 bits per heavy atom. The first-order chi connectivity index (χ1) is 9.58. The van der Waals surface area contributed by atoms with Gasteiger partial charge < -0.3 is 9.64 Å². The number of nitro benzene ring substituents is 1. The van der Waals surface area contributed by atoms with E-state index in [0.29, 0.717) is 6.54 Å². The van der Waals surface area contributed by atoms with Crippen molar-refractivity contribution in [3.63, 3.8) is 0 Å². The lowest BCUT2D eigenvalue weighted by atomic mass is 10.3. The lowest BCUT2D eigenvalue weighted by Gasteiger charge is -2.18. The highest BCUT2D eigenvalue weighted by Gasteiger charge is 2.13. The lowest BCUT2D eigenvalue weighted by molar-refractivity contribution is -0.384. The Bertz CT molecular complexity index is 525. The van der Waals surface area contributed by atoms with Crippen LogP contribution in [0.1, 0.15) is 13.3 Å². The van der Waals surface area contributed by atoms with Gasteiger partial charge in [0.15, 0.2) is 6.61 Å². The van der Waals surface area contributed by atoms with E-state index in [1.165, 1.54) is 29.2 Å². The van der Waals surface area contributed by atoms with Crippen molar-refractivity contribution < 1.29 is 14.5 Å². The molecule has 7 nitrogen and oxygen atoms in total. The number of amides is 1. The van der Waals surface area contributed by atoms with Crippen LogP contribution in [-0.4, -0.2) is 35.4 Å². The van der Waals surface area contributed by atoms with Crippen LogP contribution in [0.25, 0.3) is 0 Å². The molecule has 106 valence electrons. The summed E-state index contributed by atoms with van der Waals surface area (Å²) in [6.45, 7) is 2.14. The Morgan fingerprint density at radius 2 is 2.30 bits per heavy atom. The van der Waals surface area contributed by atoms with Gasteiger partial charge in [0, 0.05) is 12.6 Å². The zero-order valence-electron chi connectivity index (χ0n) is 11.1. The van der Waals surface area contributed by atoms with Crippen LogP contribution >= 0.6 is 0 Å². The predicted molar refractivity (Wildman–Crippen MR) is 71.1 cm³/mol. The van der Waals surface area contributed by atoms with E-state index >= 15 is 0 Å². The Morgan fingerprint density at radius 1 is 1.55 bits per heavy atom. The average Bonchev–Trinajstić information content (AvgIpc) is 2.45. The highest BCUT2D eigenvalue weighted by Crippen LogP contribution is 2.19. The Balaban J connectivity index is 2.62. The van der Waals surface area contributed by atoms with Crippen LogP contribution in [0.3, 0.4) is 0 Å². The van der Waals surface area contributed by atoms with Crippen LogP contribution in [0.5, 0.6) is 5.75 Å². The molecule has 0 heterocycles. The minimum atomic E-state index is -0.534. The molecule has 0 radical (unpaired) electrons. The van der Waals surface area contributed by atoms with Crippen molar-refractivity contribution in [1.29, 1.82) is 5.26 Å². The summed E-state index contributed by atoms with van der Waals surface area (Å²) in [4.78, 5) is 23.3. The Kier molecular flexibility index (Phi) is 5.97. The smallest absolute Gasteiger partial charge is 0.273 e. The third-order valence-electron chi connectivity index (χ3n) is 2.50. The molecule has 7 heteroatoms. The van der Waals surface area contributed by atoms with Gasteiger partial charge in [-0.25, -0.2) is 0 Å². The number of rotatable bonds is 7. The van der Waals surface area contributed by atoms with E-state index in [2.05, 4.69) is 0 Å². The monoisotopic (exact) mass is 277 g/mol. The maximum Gasteiger partial charge on any atom is 0.273 e. The second kappa shape index (κ2) is 7.74. The lowest BCUT2D eigenvalue weighted by Crippen LogP contribution is -2.35. The molecule has 1 aromatic carbocycles. The maximum atomic E-state index is 11.8. The largest absolute Gasteiger partial charge is 0.484 e. The van der Waals surface area contributed by atoms with Crippen LogP contribution in [0, 0.1) is 21.4 Å². The maximum absolute atomic E-state index is 11.8. The quantitative estimate of drug-likeness (QED) is 0.429. The minimum Gasteiger partial charge on any atom is -0.484 e. The predicted octanol–water partition coefficient (Wildman–Crippen LogP) is 1.74. The number of non-ortho nitro benzene ring substituents is 1. The van der Waals surface area contributed by atoms with Gasteiger partial charge in [0.25, 0.3) is 11.6 Å². The van der Waals surface area contributed by atoms with Gasteiger partial charge in [0.2, 0.25) is 0 Å². The van der Waals surface area contributed by atoms with E-state index in [0.717, 1.165) is 6.42 Å². The number of ether oxygens (including phenoxy) is 1. The SMILES string of the molecule is CCCN(CC#N)C(=O)COc1cccc([N+](=O)[O-])c1. The van der Waals surface area contributed by atoms with Crippen LogP contribution in [0.15, 0.2) is 24.3 Å². The third kappa shape index (κ3) is 4.57. The summed E-state index contributed by atoms with van der Waals surface area (Å²) in [6.07, 6.45) is 0.740. The van der Waals surface area contributed by atoms with Gasteiger partial charge in [-0.05, 0) is 12.5 Å². The molecular formula is C13H15N3O4. The molecule has 0 aliphatic carbocycles. The topological polar surface area (TPSA) is 96.5 Å². The van der Waals surface area contributed by atoms with Crippen molar-refractivity contribution in [2.24, 2.45) is 0 Å². The first-order valence-electron chi connectivity index (χ1n) is 6.10. The molecule has 0 N–H and O–H groups in total. The molecule has 0 unspecified atom stereocenters. The summed E-state index contributed by atoms with van der Waals surface area (Å²) < 4.78 is 5.23. The molecule has 0 saturated heterocycles. The van der Waals surface area contributed by atoms with Gasteiger partial charge in [-0.2, -0.15) is 5.26 Å². The van der Waals surface area contributed by atoms with Gasteiger partial charge in [0.1, 0.15) is 12.3 Å². The molecule has 0 bridgehead atoms. The first-order valence-corrected chi connectivity index (χ1v) is 6.10. The van der Waals surface area contributed by atoms with Crippen molar-refractivity contribution in [2.45, 2.75) is 13.3 Å². The fraction of sp³-hybridized carbons (Fsp3) is 0.385. The summed E-state index contributed by atoms with van der Waals surface area (Å²) in [7, 11) is 0. The Labute approximate surface area is 116 Å². The number of nitriles is 1. The molecule has 1 amide bonds. The standard InChI is InChI=1S/C13H15N3O4/c1-2-7-15(8-6-14)13(17)10-20-12-5-3-4-11(9-12)16(18)19/h3-5,9H,2,7-8,10H2,1H3. The van der Waals surface area contributed by atoms with Crippen molar-refractivity contribution in [2.75, 3.05) is 19.7 Å². The number of carbonyl (C=O) groups is 1. The number of nitro groups is 1. The van der Waals surface area contributed by atoms with Crippen LogP contribution < -0.4 is 4.74 Å². The summed E-state index contributed by atoms with van der Waals surface area (Å²) in [5.74, 6) is -0.0686. The van der Waals surface area contributed by atoms with Gasteiger partial charge in [-0.3, -0.25) is 14.9 Å². The normalized spacial score (nSPS) is 9.60. The fourth-order valence-corrected chi connectivity index (χ4v) is 1.57. The van der Waals surface area contributed by atoms with Gasteiger partial charge in [-0.1, -0.05) is 13.0 Å². The van der Waals surface area contributed by atoms with Crippen molar-refractivity contribution in [3.05, 3.63) is 34.4 Å². The molecule has 20 heavy (non-hydrogen) atoms. The zero-order valence-corrected chi connectivity index (χ0v) is 11.1. The molecule has 0 saturated carbocycles. The molecule has 0 aliphatic heterocycles. The van der Waals surface area contributed by atoms with E-state index in [1.807, 2.05) is 13.0 Å². The number of nitrogens with zero attached hydrogens (tertiary/aromatic N) is 3. The van der Waals surface area contributed by atoms with E-state index in [-0.39, 0.29) is 30.5 Å². The molecule has 0 aromatic heterocycles. The van der Waals surface area contributed by atoms with E-state index < -0.39 is 4.92 Å². The highest BCUT2D eigenvalue weighted by molar-refractivity contribution is 5.78. The average molecular weight is 277 g/mol. The van der Waals surface area contributed by atoms with Gasteiger partial charge >= 0.3 is 0 Å². The highest BCUT2D eigenvalue weighted by atomic mass is 16.6. The molecular weight excluding hydrogens is 262 g/mol. The minimum absolute atomic E-state index is 0.00493. The zero-order chi connectivity index (χ0) is 15.0. The number of hydrogen-bond donors (Lipinski definition) is 0. The van der Waals surface area contributed by atoms with Crippen molar-refractivity contribution in [1.82, 2.24) is 4.90 Å². The number of carbonyl (C=O) groups excluding carboxylic acids is 1. The molecule has 1 aromatic rings. The first kappa shape index (κ1) is 15.4. The second-order valence-electron chi connectivity index (χ2n) is 4.02. The van der Waals surface area contributed by atoms with Crippen molar-refractivity contribution >= 4 is 11.6 Å². The molecule has 0 aliphatic rings. The summed E-state index contributed by atoms with van der Waals surface area (Å²) >= 11 is 0. The van der Waals surface area contributed by atoms with Crippen LogP contribution in [0.4, 0.5) is 5.69 Å². The second-order valence-corrected chi connectivity index (χ2v) is 4.02. The molecule has 0 atom stereocenters. The van der Waals surface area contributed by atoms with E-state index in [4.69, 9.17) is 10.00 Å². The van der Waals surface area contributed by atoms with Gasteiger partial charge in [-0.15, -0.1) is 0 Å².